The number of hydrogen-bond acceptors (Lipinski definition) is 5. The number of halogens is 1. The summed E-state index contributed by atoms with van der Waals surface area (Å²) in [7, 11) is 0. The lowest BCUT2D eigenvalue weighted by Crippen LogP contribution is -2.12. The number of hydrogen-bond donors (Lipinski definition) is 1. The monoisotopic (exact) mass is 272 g/mol. The van der Waals surface area contributed by atoms with Crippen molar-refractivity contribution in [1.82, 2.24) is 4.98 Å². The molecule has 0 aliphatic rings. The molecule has 0 bridgehead atoms. The van der Waals surface area contributed by atoms with Gasteiger partial charge in [0.1, 0.15) is 10.8 Å². The van der Waals surface area contributed by atoms with E-state index in [1.54, 1.807) is 0 Å². The van der Waals surface area contributed by atoms with Gasteiger partial charge in [0.25, 0.3) is 5.69 Å². The average Bonchev–Trinajstić information content (AvgIpc) is 2.28. The van der Waals surface area contributed by atoms with Crippen molar-refractivity contribution in [1.29, 1.82) is 0 Å². The van der Waals surface area contributed by atoms with Crippen LogP contribution in [0.1, 0.15) is 18.5 Å². The molecule has 0 fully saturated rings. The number of carboxylic acids is 1. The van der Waals surface area contributed by atoms with Crippen LogP contribution in [0.4, 0.5) is 5.69 Å². The summed E-state index contributed by atoms with van der Waals surface area (Å²) in [5, 5.41) is 19.2. The van der Waals surface area contributed by atoms with Crippen LogP contribution in [0.2, 0.25) is 5.15 Å². The first-order chi connectivity index (χ1) is 8.41. The van der Waals surface area contributed by atoms with Gasteiger partial charge in [-0.3, -0.25) is 14.9 Å². The van der Waals surface area contributed by atoms with E-state index in [2.05, 4.69) is 4.98 Å². The molecule has 0 aliphatic carbocycles. The predicted molar refractivity (Wildman–Crippen MR) is 61.5 cm³/mol. The maximum absolute atomic E-state index is 10.8. The fourth-order valence-corrected chi connectivity index (χ4v) is 1.51. The number of aromatic nitrogens is 1. The van der Waals surface area contributed by atoms with Crippen molar-refractivity contribution >= 4 is 29.0 Å². The van der Waals surface area contributed by atoms with Crippen molar-refractivity contribution in [3.63, 3.8) is 0 Å². The molecule has 8 heteroatoms. The Kier molecular flexibility index (Phi) is 4.73. The zero-order valence-corrected chi connectivity index (χ0v) is 9.88. The first-order valence-electron chi connectivity index (χ1n) is 4.97. The highest BCUT2D eigenvalue weighted by atomic mass is 35.5. The molecule has 96 valence electrons. The average molecular weight is 273 g/mol. The SMILES string of the molecule is O=C(O)C(=O)CCCc1nc(Cl)ccc1[N+](=O)[O-]. The van der Waals surface area contributed by atoms with Crippen LogP contribution in [0.3, 0.4) is 0 Å². The number of nitrogens with zero attached hydrogens (tertiary/aromatic N) is 2. The summed E-state index contributed by atoms with van der Waals surface area (Å²) in [5.74, 6) is -2.44. The normalized spacial score (nSPS) is 10.1. The lowest BCUT2D eigenvalue weighted by molar-refractivity contribution is -0.385. The molecule has 0 atom stereocenters. The van der Waals surface area contributed by atoms with Gasteiger partial charge in [-0.1, -0.05) is 11.6 Å². The Morgan fingerprint density at radius 2 is 2.11 bits per heavy atom. The van der Waals surface area contributed by atoms with E-state index < -0.39 is 16.7 Å². The molecule has 1 N–H and O–H groups in total. The van der Waals surface area contributed by atoms with Crippen LogP contribution < -0.4 is 0 Å². The molecule has 0 unspecified atom stereocenters. The lowest BCUT2D eigenvalue weighted by Gasteiger charge is -2.01. The van der Waals surface area contributed by atoms with Crippen LogP contribution in [0.5, 0.6) is 0 Å². The number of aryl methyl sites for hydroxylation is 1. The Hall–Kier alpha value is -2.02. The third-order valence-electron chi connectivity index (χ3n) is 2.17. The smallest absolute Gasteiger partial charge is 0.372 e. The van der Waals surface area contributed by atoms with Gasteiger partial charge < -0.3 is 5.11 Å². The molecule has 0 aromatic carbocycles. The molecule has 1 rings (SSSR count). The molecule has 1 heterocycles. The molecule has 1 aromatic heterocycles. The molecule has 0 saturated heterocycles. The van der Waals surface area contributed by atoms with Crippen LogP contribution in [0.15, 0.2) is 12.1 Å². The molecule has 7 nitrogen and oxygen atoms in total. The van der Waals surface area contributed by atoms with Crippen molar-refractivity contribution in [3.05, 3.63) is 33.1 Å². The van der Waals surface area contributed by atoms with Gasteiger partial charge in [-0.2, -0.15) is 0 Å². The summed E-state index contributed by atoms with van der Waals surface area (Å²) < 4.78 is 0. The van der Waals surface area contributed by atoms with Crippen molar-refractivity contribution in [2.45, 2.75) is 19.3 Å². The topological polar surface area (TPSA) is 110 Å². The summed E-state index contributed by atoms with van der Waals surface area (Å²) in [5.41, 5.74) is -0.0483. The van der Waals surface area contributed by atoms with E-state index in [1.807, 2.05) is 0 Å². The van der Waals surface area contributed by atoms with Crippen molar-refractivity contribution in [3.8, 4) is 0 Å². The second kappa shape index (κ2) is 6.06. The van der Waals surface area contributed by atoms with Gasteiger partial charge in [0.2, 0.25) is 5.78 Å². The highest BCUT2D eigenvalue weighted by molar-refractivity contribution is 6.32. The minimum atomic E-state index is -1.51. The van der Waals surface area contributed by atoms with Crippen LogP contribution in [-0.4, -0.2) is 26.8 Å². The van der Waals surface area contributed by atoms with Gasteiger partial charge in [-0.25, -0.2) is 9.78 Å². The Balaban J connectivity index is 2.72. The number of carbonyl (C=O) groups is 2. The number of pyridine rings is 1. The van der Waals surface area contributed by atoms with E-state index in [-0.39, 0.29) is 35.8 Å². The van der Waals surface area contributed by atoms with Gasteiger partial charge in [0.05, 0.1) is 4.92 Å². The quantitative estimate of drug-likeness (QED) is 0.364. The third kappa shape index (κ3) is 3.77. The second-order valence-electron chi connectivity index (χ2n) is 3.44. The first-order valence-corrected chi connectivity index (χ1v) is 5.35. The molecule has 18 heavy (non-hydrogen) atoms. The number of carboxylic acid groups (broad SMARTS) is 1. The zero-order valence-electron chi connectivity index (χ0n) is 9.13. The van der Waals surface area contributed by atoms with E-state index >= 15 is 0 Å². The van der Waals surface area contributed by atoms with Crippen LogP contribution in [-0.2, 0) is 16.0 Å². The van der Waals surface area contributed by atoms with Gasteiger partial charge in [0, 0.05) is 12.5 Å². The van der Waals surface area contributed by atoms with Crippen molar-refractivity contribution < 1.29 is 19.6 Å². The lowest BCUT2D eigenvalue weighted by atomic mass is 10.1. The standard InChI is InChI=1S/C10H9ClN2O5/c11-9-5-4-7(13(17)18)6(12-9)2-1-3-8(14)10(15)16/h4-5H,1-3H2,(H,15,16). The Morgan fingerprint density at radius 1 is 1.44 bits per heavy atom. The number of ketones is 1. The molecule has 0 radical (unpaired) electrons. The number of Topliss-reactive ketones (excluding diaryl/α,β-unsaturated/α-hetero) is 1. The molecule has 1 aromatic rings. The summed E-state index contributed by atoms with van der Waals surface area (Å²) in [6.45, 7) is 0. The Morgan fingerprint density at radius 3 is 2.67 bits per heavy atom. The highest BCUT2D eigenvalue weighted by Gasteiger charge is 2.17. The second-order valence-corrected chi connectivity index (χ2v) is 3.83. The van der Waals surface area contributed by atoms with Gasteiger partial charge in [-0.15, -0.1) is 0 Å². The largest absolute Gasteiger partial charge is 0.476 e. The van der Waals surface area contributed by atoms with Crippen LogP contribution in [0.25, 0.3) is 0 Å². The summed E-state index contributed by atoms with van der Waals surface area (Å²) >= 11 is 5.62. The summed E-state index contributed by atoms with van der Waals surface area (Å²) in [6.07, 6.45) is 0.0931. The van der Waals surface area contributed by atoms with E-state index in [0.29, 0.717) is 0 Å². The zero-order chi connectivity index (χ0) is 13.7. The molecular formula is C10H9ClN2O5. The van der Waals surface area contributed by atoms with E-state index in [9.17, 15) is 19.7 Å². The van der Waals surface area contributed by atoms with Gasteiger partial charge >= 0.3 is 5.97 Å². The fourth-order valence-electron chi connectivity index (χ4n) is 1.34. The van der Waals surface area contributed by atoms with E-state index in [0.717, 1.165) is 0 Å². The maximum Gasteiger partial charge on any atom is 0.372 e. The summed E-state index contributed by atoms with van der Waals surface area (Å²) in [4.78, 5) is 35.0. The van der Waals surface area contributed by atoms with Crippen LogP contribution in [0, 0.1) is 10.1 Å². The Labute approximate surface area is 107 Å². The number of rotatable bonds is 6. The molecular weight excluding hydrogens is 264 g/mol. The minimum absolute atomic E-state index is 0.111. The van der Waals surface area contributed by atoms with Crippen molar-refractivity contribution in [2.24, 2.45) is 0 Å². The maximum atomic E-state index is 10.8. The molecule has 0 spiro atoms. The first kappa shape index (κ1) is 14.0. The molecule has 0 aliphatic heterocycles. The number of carbonyl (C=O) groups excluding carboxylic acids is 1. The minimum Gasteiger partial charge on any atom is -0.476 e. The highest BCUT2D eigenvalue weighted by Crippen LogP contribution is 2.20. The van der Waals surface area contributed by atoms with Crippen LogP contribution >= 0.6 is 11.6 Å². The number of aliphatic carboxylic acids is 1. The van der Waals surface area contributed by atoms with E-state index in [4.69, 9.17) is 16.7 Å². The van der Waals surface area contributed by atoms with Gasteiger partial charge in [-0.05, 0) is 18.9 Å². The predicted octanol–water partition coefficient (Wildman–Crippen LogP) is 1.62. The Bertz CT molecular complexity index is 503. The number of nitro groups is 1. The molecule has 0 amide bonds. The fraction of sp³-hybridized carbons (Fsp3) is 0.300. The van der Waals surface area contributed by atoms with Gasteiger partial charge in [0.15, 0.2) is 0 Å². The third-order valence-corrected chi connectivity index (χ3v) is 2.38. The summed E-state index contributed by atoms with van der Waals surface area (Å²) in [6, 6.07) is 2.52. The van der Waals surface area contributed by atoms with E-state index in [1.165, 1.54) is 12.1 Å². The molecule has 0 saturated carbocycles. The van der Waals surface area contributed by atoms with Crippen molar-refractivity contribution in [2.75, 3.05) is 0 Å².